The van der Waals surface area contributed by atoms with Gasteiger partial charge in [0.25, 0.3) is 15.9 Å². The van der Waals surface area contributed by atoms with Gasteiger partial charge in [0.15, 0.2) is 0 Å². The molecule has 0 aliphatic rings. The molecule has 0 aliphatic carbocycles. The number of aryl methyl sites for hydroxylation is 1. The van der Waals surface area contributed by atoms with Crippen molar-refractivity contribution in [1.29, 1.82) is 0 Å². The number of amides is 1. The number of carbonyl (C=O) groups excluding carboxylic acids is 1. The van der Waals surface area contributed by atoms with E-state index in [9.17, 15) is 13.2 Å². The molecule has 0 fully saturated rings. The fourth-order valence-corrected chi connectivity index (χ4v) is 3.13. The van der Waals surface area contributed by atoms with E-state index < -0.39 is 15.9 Å². The van der Waals surface area contributed by atoms with Gasteiger partial charge in [0, 0.05) is 10.6 Å². The molecule has 8 heteroatoms. The zero-order valence-corrected chi connectivity index (χ0v) is 13.2. The van der Waals surface area contributed by atoms with Crippen LogP contribution in [-0.2, 0) is 10.0 Å². The van der Waals surface area contributed by atoms with Crippen molar-refractivity contribution >= 4 is 33.2 Å². The average molecular weight is 340 g/mol. The molecule has 0 spiro atoms. The first kappa shape index (κ1) is 16.3. The van der Waals surface area contributed by atoms with Crippen LogP contribution in [0.2, 0.25) is 5.02 Å². The minimum Gasteiger partial charge on any atom is -0.290 e. The van der Waals surface area contributed by atoms with Gasteiger partial charge in [-0.3, -0.25) is 14.9 Å². The summed E-state index contributed by atoms with van der Waals surface area (Å²) in [5.74, 6) is 4.47. The number of nitrogens with two attached hydrogens (primary N) is 1. The highest BCUT2D eigenvalue weighted by atomic mass is 35.5. The third-order valence-electron chi connectivity index (χ3n) is 2.98. The number of nitrogen functional groups attached to an aromatic ring is 1. The van der Waals surface area contributed by atoms with Crippen molar-refractivity contribution in [2.45, 2.75) is 11.8 Å². The van der Waals surface area contributed by atoms with Gasteiger partial charge in [0.05, 0.1) is 10.6 Å². The Bertz CT molecular complexity index is 822. The zero-order valence-electron chi connectivity index (χ0n) is 11.6. The van der Waals surface area contributed by atoms with Crippen LogP contribution in [0.3, 0.4) is 0 Å². The van der Waals surface area contributed by atoms with E-state index in [0.717, 1.165) is 5.56 Å². The smallest absolute Gasteiger partial charge is 0.265 e. The van der Waals surface area contributed by atoms with E-state index in [-0.39, 0.29) is 10.5 Å². The highest BCUT2D eigenvalue weighted by molar-refractivity contribution is 7.92. The van der Waals surface area contributed by atoms with Crippen LogP contribution in [0.5, 0.6) is 0 Å². The molecule has 0 atom stereocenters. The Labute approximate surface area is 133 Å². The number of hydrogen-bond acceptors (Lipinski definition) is 4. The highest BCUT2D eigenvalue weighted by Crippen LogP contribution is 2.23. The number of nitrogens with one attached hydrogen (secondary N) is 2. The summed E-state index contributed by atoms with van der Waals surface area (Å²) in [4.78, 5) is 11.4. The van der Waals surface area contributed by atoms with Gasteiger partial charge >= 0.3 is 0 Å². The van der Waals surface area contributed by atoms with Gasteiger partial charge in [-0.05, 0) is 42.8 Å². The Morgan fingerprint density at radius 3 is 2.59 bits per heavy atom. The van der Waals surface area contributed by atoms with E-state index in [4.69, 9.17) is 17.4 Å². The molecular weight excluding hydrogens is 326 g/mol. The van der Waals surface area contributed by atoms with Crippen molar-refractivity contribution in [3.05, 3.63) is 58.6 Å². The Hall–Kier alpha value is -2.09. The minimum absolute atomic E-state index is 0.0482. The van der Waals surface area contributed by atoms with Crippen molar-refractivity contribution in [3.8, 4) is 0 Å². The average Bonchev–Trinajstić information content (AvgIpc) is 2.50. The predicted octanol–water partition coefficient (Wildman–Crippen LogP) is 2.05. The monoisotopic (exact) mass is 339 g/mol. The fraction of sp³-hybridized carbons (Fsp3) is 0.0714. The molecule has 1 amide bonds. The summed E-state index contributed by atoms with van der Waals surface area (Å²) in [5, 5.41) is 0.416. The molecule has 0 saturated heterocycles. The second-order valence-corrected chi connectivity index (χ2v) is 6.68. The molecule has 2 aromatic rings. The molecule has 2 rings (SSSR count). The van der Waals surface area contributed by atoms with E-state index in [1.807, 2.05) is 5.43 Å². The van der Waals surface area contributed by atoms with Gasteiger partial charge in [-0.1, -0.05) is 23.7 Å². The van der Waals surface area contributed by atoms with Gasteiger partial charge in [-0.15, -0.1) is 0 Å². The number of hydrogen-bond donors (Lipinski definition) is 3. The lowest BCUT2D eigenvalue weighted by Gasteiger charge is -2.11. The summed E-state index contributed by atoms with van der Waals surface area (Å²) < 4.78 is 27.3. The van der Waals surface area contributed by atoms with Gasteiger partial charge in [-0.2, -0.15) is 0 Å². The van der Waals surface area contributed by atoms with Gasteiger partial charge in [0.2, 0.25) is 0 Å². The second kappa shape index (κ2) is 6.35. The minimum atomic E-state index is -3.85. The van der Waals surface area contributed by atoms with Gasteiger partial charge in [0.1, 0.15) is 0 Å². The largest absolute Gasteiger partial charge is 0.290 e. The first-order chi connectivity index (χ1) is 10.3. The van der Waals surface area contributed by atoms with E-state index in [0.29, 0.717) is 10.7 Å². The van der Waals surface area contributed by atoms with E-state index in [2.05, 4.69) is 4.72 Å². The SMILES string of the molecule is Cc1ccc(Cl)cc1NS(=O)(=O)c1cccc(C(=O)NN)c1. The van der Waals surface area contributed by atoms with Crippen LogP contribution in [0.25, 0.3) is 0 Å². The second-order valence-electron chi connectivity index (χ2n) is 4.57. The fourth-order valence-electron chi connectivity index (χ4n) is 1.80. The maximum absolute atomic E-state index is 12.4. The number of sulfonamides is 1. The molecule has 4 N–H and O–H groups in total. The topological polar surface area (TPSA) is 101 Å². The lowest BCUT2D eigenvalue weighted by atomic mass is 10.2. The quantitative estimate of drug-likeness (QED) is 0.451. The number of carbonyl (C=O) groups is 1. The van der Waals surface area contributed by atoms with Crippen LogP contribution >= 0.6 is 11.6 Å². The van der Waals surface area contributed by atoms with Crippen LogP contribution in [0.15, 0.2) is 47.4 Å². The molecule has 0 heterocycles. The molecule has 22 heavy (non-hydrogen) atoms. The summed E-state index contributed by atoms with van der Waals surface area (Å²) in [6.07, 6.45) is 0. The molecule has 0 radical (unpaired) electrons. The first-order valence-corrected chi connectivity index (χ1v) is 8.09. The highest BCUT2D eigenvalue weighted by Gasteiger charge is 2.17. The van der Waals surface area contributed by atoms with Crippen molar-refractivity contribution < 1.29 is 13.2 Å². The lowest BCUT2D eigenvalue weighted by molar-refractivity contribution is 0.0953. The van der Waals surface area contributed by atoms with Crippen LogP contribution in [0.1, 0.15) is 15.9 Å². The normalized spacial score (nSPS) is 11.0. The molecular formula is C14H14ClN3O3S. The molecule has 0 aliphatic heterocycles. The van der Waals surface area contributed by atoms with E-state index in [1.165, 1.54) is 30.3 Å². The number of halogens is 1. The summed E-state index contributed by atoms with van der Waals surface area (Å²) in [5.41, 5.74) is 3.20. The standard InChI is InChI=1S/C14H14ClN3O3S/c1-9-5-6-11(15)8-13(9)18-22(20,21)12-4-2-3-10(7-12)14(19)17-16/h2-8,18H,16H2,1H3,(H,17,19). The van der Waals surface area contributed by atoms with Crippen LogP contribution in [0.4, 0.5) is 5.69 Å². The van der Waals surface area contributed by atoms with Crippen LogP contribution in [0, 0.1) is 6.92 Å². The van der Waals surface area contributed by atoms with Crippen molar-refractivity contribution in [2.75, 3.05) is 4.72 Å². The molecule has 116 valence electrons. The maximum Gasteiger partial charge on any atom is 0.265 e. The summed E-state index contributed by atoms with van der Waals surface area (Å²) in [6, 6.07) is 10.4. The van der Waals surface area contributed by atoms with Gasteiger partial charge in [-0.25, -0.2) is 14.3 Å². The summed E-state index contributed by atoms with van der Waals surface area (Å²) in [7, 11) is -3.85. The Morgan fingerprint density at radius 1 is 1.18 bits per heavy atom. The number of rotatable bonds is 4. The molecule has 0 aromatic heterocycles. The third kappa shape index (κ3) is 3.56. The Kier molecular flexibility index (Phi) is 4.70. The molecule has 6 nitrogen and oxygen atoms in total. The van der Waals surface area contributed by atoms with Crippen molar-refractivity contribution in [2.24, 2.45) is 5.84 Å². The molecule has 2 aromatic carbocycles. The summed E-state index contributed by atoms with van der Waals surface area (Å²) in [6.45, 7) is 1.76. The van der Waals surface area contributed by atoms with Crippen LogP contribution in [-0.4, -0.2) is 14.3 Å². The van der Waals surface area contributed by atoms with Crippen LogP contribution < -0.4 is 16.0 Å². The molecule has 0 bridgehead atoms. The third-order valence-corrected chi connectivity index (χ3v) is 4.58. The maximum atomic E-state index is 12.4. The van der Waals surface area contributed by atoms with Crippen molar-refractivity contribution in [3.63, 3.8) is 0 Å². The first-order valence-electron chi connectivity index (χ1n) is 6.23. The lowest BCUT2D eigenvalue weighted by Crippen LogP contribution is -2.30. The predicted molar refractivity (Wildman–Crippen MR) is 85.1 cm³/mol. The van der Waals surface area contributed by atoms with E-state index >= 15 is 0 Å². The molecule has 0 saturated carbocycles. The van der Waals surface area contributed by atoms with Crippen molar-refractivity contribution in [1.82, 2.24) is 5.43 Å². The van der Waals surface area contributed by atoms with Gasteiger partial charge < -0.3 is 0 Å². The Morgan fingerprint density at radius 2 is 1.91 bits per heavy atom. The Balaban J connectivity index is 2.38. The number of hydrazine groups is 1. The molecule has 0 unspecified atom stereocenters. The number of benzene rings is 2. The zero-order chi connectivity index (χ0) is 16.3. The summed E-state index contributed by atoms with van der Waals surface area (Å²) >= 11 is 5.88. The number of anilines is 1. The van der Waals surface area contributed by atoms with E-state index in [1.54, 1.807) is 19.1 Å².